The molecule has 0 saturated heterocycles. The third-order valence-corrected chi connectivity index (χ3v) is 3.45. The summed E-state index contributed by atoms with van der Waals surface area (Å²) in [6.45, 7) is 4.21. The Labute approximate surface area is 148 Å². The van der Waals surface area contributed by atoms with Crippen LogP contribution < -0.4 is 10.6 Å². The van der Waals surface area contributed by atoms with Crippen LogP contribution in [0.1, 0.15) is 18.3 Å². The number of hydrogen-bond donors (Lipinski definition) is 3. The number of aryl methyl sites for hydroxylation is 1. The number of rotatable bonds is 9. The van der Waals surface area contributed by atoms with E-state index in [4.69, 9.17) is 4.74 Å². The molecule has 1 aromatic carbocycles. The number of ether oxygens (including phenoxy) is 1. The summed E-state index contributed by atoms with van der Waals surface area (Å²) < 4.78 is 7.22. The van der Waals surface area contributed by atoms with Crippen molar-refractivity contribution in [1.82, 2.24) is 25.4 Å². The minimum atomic E-state index is -0.623. The summed E-state index contributed by atoms with van der Waals surface area (Å²) >= 11 is 0. The van der Waals surface area contributed by atoms with Gasteiger partial charge in [0.1, 0.15) is 18.7 Å². The van der Waals surface area contributed by atoms with Gasteiger partial charge in [-0.05, 0) is 12.5 Å². The Morgan fingerprint density at radius 2 is 2.12 bits per heavy atom. The zero-order valence-electron chi connectivity index (χ0n) is 14.7. The van der Waals surface area contributed by atoms with Crippen LogP contribution in [0.5, 0.6) is 0 Å². The first-order valence-corrected chi connectivity index (χ1v) is 8.33. The summed E-state index contributed by atoms with van der Waals surface area (Å²) in [6, 6.07) is 9.88. The van der Waals surface area contributed by atoms with E-state index in [9.17, 15) is 5.11 Å². The number of aromatic nitrogens is 3. The fourth-order valence-corrected chi connectivity index (χ4v) is 2.12. The van der Waals surface area contributed by atoms with E-state index >= 15 is 0 Å². The van der Waals surface area contributed by atoms with Gasteiger partial charge in [-0.25, -0.2) is 9.98 Å². The van der Waals surface area contributed by atoms with E-state index < -0.39 is 6.10 Å². The summed E-state index contributed by atoms with van der Waals surface area (Å²) in [5.41, 5.74) is 1.08. The van der Waals surface area contributed by atoms with Gasteiger partial charge < -0.3 is 20.5 Å². The Morgan fingerprint density at radius 3 is 2.80 bits per heavy atom. The van der Waals surface area contributed by atoms with Crippen LogP contribution in [0.3, 0.4) is 0 Å². The molecule has 0 aliphatic rings. The third-order valence-electron chi connectivity index (χ3n) is 3.45. The zero-order chi connectivity index (χ0) is 17.9. The molecule has 0 aliphatic heterocycles. The molecule has 0 bridgehead atoms. The topological polar surface area (TPSA) is 96.6 Å². The monoisotopic (exact) mass is 346 g/mol. The van der Waals surface area contributed by atoms with E-state index in [0.717, 1.165) is 17.9 Å². The molecule has 0 saturated carbocycles. The first kappa shape index (κ1) is 18.9. The zero-order valence-corrected chi connectivity index (χ0v) is 14.7. The molecule has 8 heteroatoms. The number of hydrogen-bond acceptors (Lipinski definition) is 5. The van der Waals surface area contributed by atoms with Crippen LogP contribution in [0.25, 0.3) is 0 Å². The molecule has 3 N–H and O–H groups in total. The molecule has 2 rings (SSSR count). The van der Waals surface area contributed by atoms with Crippen LogP contribution in [-0.2, 0) is 24.9 Å². The first-order chi connectivity index (χ1) is 12.2. The van der Waals surface area contributed by atoms with Gasteiger partial charge in [0.25, 0.3) is 0 Å². The van der Waals surface area contributed by atoms with Crippen LogP contribution in [0.2, 0.25) is 0 Å². The highest BCUT2D eigenvalue weighted by atomic mass is 16.5. The fourth-order valence-electron chi connectivity index (χ4n) is 2.12. The van der Waals surface area contributed by atoms with Gasteiger partial charge in [-0.3, -0.25) is 4.68 Å². The van der Waals surface area contributed by atoms with Gasteiger partial charge in [0.2, 0.25) is 0 Å². The molecule has 0 amide bonds. The lowest BCUT2D eigenvalue weighted by Crippen LogP contribution is -2.42. The number of aliphatic imine (C=N–C) groups is 1. The second-order valence-corrected chi connectivity index (χ2v) is 5.53. The van der Waals surface area contributed by atoms with Gasteiger partial charge in [-0.15, -0.1) is 0 Å². The summed E-state index contributed by atoms with van der Waals surface area (Å²) in [6.07, 6.45) is 0.876. The molecule has 136 valence electrons. The van der Waals surface area contributed by atoms with Crippen molar-refractivity contribution in [1.29, 1.82) is 0 Å². The van der Waals surface area contributed by atoms with E-state index in [2.05, 4.69) is 25.7 Å². The summed E-state index contributed by atoms with van der Waals surface area (Å²) in [5, 5.41) is 20.3. The van der Waals surface area contributed by atoms with Crippen molar-refractivity contribution in [3.63, 3.8) is 0 Å². The van der Waals surface area contributed by atoms with Gasteiger partial charge in [-0.2, -0.15) is 5.10 Å². The molecule has 1 unspecified atom stereocenters. The van der Waals surface area contributed by atoms with Crippen molar-refractivity contribution < 1.29 is 9.84 Å². The molecule has 0 radical (unpaired) electrons. The summed E-state index contributed by atoms with van der Waals surface area (Å²) in [7, 11) is 1.83. The van der Waals surface area contributed by atoms with Crippen molar-refractivity contribution in [2.75, 3.05) is 19.7 Å². The molecular formula is C17H26N6O2. The molecule has 0 aliphatic carbocycles. The quantitative estimate of drug-likeness (QED) is 0.451. The average molecular weight is 346 g/mol. The standard InChI is InChI=1S/C17H26N6O2/c1-3-18-17(20-10-16-21-13-22-23(16)2)19-9-15(24)12-25-11-14-7-5-4-6-8-14/h4-8,13,15,24H,3,9-12H2,1-2H3,(H2,18,19,20). The van der Waals surface area contributed by atoms with Gasteiger partial charge in [0, 0.05) is 20.1 Å². The molecule has 25 heavy (non-hydrogen) atoms. The highest BCUT2D eigenvalue weighted by Gasteiger charge is 2.07. The average Bonchev–Trinajstić information content (AvgIpc) is 3.03. The first-order valence-electron chi connectivity index (χ1n) is 8.33. The fraction of sp³-hybridized carbons (Fsp3) is 0.471. The minimum absolute atomic E-state index is 0.255. The molecule has 0 fully saturated rings. The van der Waals surface area contributed by atoms with E-state index in [1.165, 1.54) is 6.33 Å². The van der Waals surface area contributed by atoms with Gasteiger partial charge in [0.15, 0.2) is 5.96 Å². The van der Waals surface area contributed by atoms with Gasteiger partial charge in [0.05, 0.1) is 19.3 Å². The number of benzene rings is 1. The van der Waals surface area contributed by atoms with E-state index in [1.54, 1.807) is 4.68 Å². The molecule has 1 aromatic heterocycles. The van der Waals surface area contributed by atoms with Gasteiger partial charge in [-0.1, -0.05) is 30.3 Å². The summed E-state index contributed by atoms with van der Waals surface area (Å²) in [4.78, 5) is 8.57. The predicted octanol–water partition coefficient (Wildman–Crippen LogP) is 0.448. The number of nitrogens with one attached hydrogen (secondary N) is 2. The number of aliphatic hydroxyl groups is 1. The SMILES string of the molecule is CCNC(=NCc1ncnn1C)NCC(O)COCc1ccccc1. The third kappa shape index (κ3) is 6.90. The Kier molecular flexibility index (Phi) is 7.87. The minimum Gasteiger partial charge on any atom is -0.389 e. The largest absolute Gasteiger partial charge is 0.389 e. The van der Waals surface area contributed by atoms with Crippen LogP contribution >= 0.6 is 0 Å². The van der Waals surface area contributed by atoms with Crippen LogP contribution in [-0.4, -0.2) is 51.6 Å². The molecule has 1 heterocycles. The maximum absolute atomic E-state index is 10.0. The second kappa shape index (κ2) is 10.4. The van der Waals surface area contributed by atoms with Crippen molar-refractivity contribution in [2.24, 2.45) is 12.0 Å². The predicted molar refractivity (Wildman–Crippen MR) is 95.9 cm³/mol. The summed E-state index contributed by atoms with van der Waals surface area (Å²) in [5.74, 6) is 1.39. The normalized spacial score (nSPS) is 12.8. The molecule has 1 atom stereocenters. The lowest BCUT2D eigenvalue weighted by atomic mass is 10.2. The van der Waals surface area contributed by atoms with Crippen molar-refractivity contribution in [3.8, 4) is 0 Å². The maximum Gasteiger partial charge on any atom is 0.191 e. The van der Waals surface area contributed by atoms with Crippen LogP contribution in [0.15, 0.2) is 41.7 Å². The van der Waals surface area contributed by atoms with Crippen molar-refractivity contribution >= 4 is 5.96 Å². The molecule has 8 nitrogen and oxygen atoms in total. The van der Waals surface area contributed by atoms with Gasteiger partial charge >= 0.3 is 0 Å². The Bertz CT molecular complexity index is 644. The number of nitrogens with zero attached hydrogens (tertiary/aromatic N) is 4. The van der Waals surface area contributed by atoms with Crippen LogP contribution in [0.4, 0.5) is 0 Å². The van der Waals surface area contributed by atoms with E-state index in [1.807, 2.05) is 44.3 Å². The van der Waals surface area contributed by atoms with Crippen LogP contribution in [0, 0.1) is 0 Å². The Hall–Kier alpha value is -2.45. The maximum atomic E-state index is 10.0. The highest BCUT2D eigenvalue weighted by molar-refractivity contribution is 5.79. The van der Waals surface area contributed by atoms with Crippen molar-refractivity contribution in [2.45, 2.75) is 26.2 Å². The second-order valence-electron chi connectivity index (χ2n) is 5.53. The Morgan fingerprint density at radius 1 is 1.32 bits per heavy atom. The number of guanidine groups is 1. The van der Waals surface area contributed by atoms with Crippen molar-refractivity contribution in [3.05, 3.63) is 48.0 Å². The number of aliphatic hydroxyl groups excluding tert-OH is 1. The lowest BCUT2D eigenvalue weighted by Gasteiger charge is -2.15. The van der Waals surface area contributed by atoms with E-state index in [0.29, 0.717) is 25.7 Å². The highest BCUT2D eigenvalue weighted by Crippen LogP contribution is 2.00. The Balaban J connectivity index is 1.72. The molecular weight excluding hydrogens is 320 g/mol. The smallest absolute Gasteiger partial charge is 0.191 e. The molecule has 0 spiro atoms. The molecule has 2 aromatic rings. The van der Waals surface area contributed by atoms with E-state index in [-0.39, 0.29) is 6.61 Å². The lowest BCUT2D eigenvalue weighted by molar-refractivity contribution is 0.0308.